The largest absolute Gasteiger partial charge is 0.292 e. The van der Waals surface area contributed by atoms with Gasteiger partial charge in [-0.05, 0) is 40.5 Å². The van der Waals surface area contributed by atoms with E-state index in [-0.39, 0.29) is 14.9 Å². The lowest BCUT2D eigenvalue weighted by Crippen LogP contribution is -2.16. The van der Waals surface area contributed by atoms with Crippen LogP contribution in [0.5, 0.6) is 0 Å². The first kappa shape index (κ1) is 15.4. The molecule has 0 heterocycles. The van der Waals surface area contributed by atoms with E-state index in [4.69, 9.17) is 0 Å². The number of ketones is 1. The molecule has 4 heteroatoms. The van der Waals surface area contributed by atoms with E-state index in [1.165, 1.54) is 22.3 Å². The molecule has 0 N–H and O–H groups in total. The number of alkyl halides is 2. The van der Waals surface area contributed by atoms with E-state index in [9.17, 15) is 4.79 Å². The van der Waals surface area contributed by atoms with Gasteiger partial charge in [0.25, 0.3) is 0 Å². The van der Waals surface area contributed by atoms with Crippen LogP contribution in [0.2, 0.25) is 0 Å². The zero-order chi connectivity index (χ0) is 15.4. The molecule has 1 aliphatic carbocycles. The summed E-state index contributed by atoms with van der Waals surface area (Å²) in [6.45, 7) is 4.41. The normalized spacial score (nSPS) is 15.0. The molecule has 0 unspecified atom stereocenters. The number of fused-ring (bicyclic) bond motifs is 3. The number of carbonyl (C=O) groups excluding carboxylic acids is 1. The molecule has 1 aliphatic rings. The molecule has 0 saturated carbocycles. The van der Waals surface area contributed by atoms with E-state index in [1.54, 1.807) is 0 Å². The van der Waals surface area contributed by atoms with Crippen LogP contribution < -0.4 is 0 Å². The molecule has 0 saturated heterocycles. The van der Waals surface area contributed by atoms with Crippen molar-refractivity contribution in [1.82, 2.24) is 0 Å². The Morgan fingerprint density at radius 2 is 1.57 bits per heavy atom. The Balaban J connectivity index is 2.20. The fraction of sp³-hybridized carbons (Fsp3) is 0.235. The molecule has 0 radical (unpaired) electrons. The van der Waals surface area contributed by atoms with E-state index in [2.05, 4.69) is 85.9 Å². The van der Waals surface area contributed by atoms with Gasteiger partial charge in [-0.15, -0.1) is 0 Å². The van der Waals surface area contributed by atoms with Crippen molar-refractivity contribution in [3.05, 3.63) is 57.6 Å². The number of hydrogen-bond donors (Lipinski definition) is 0. The quantitative estimate of drug-likeness (QED) is 0.384. The Labute approximate surface area is 149 Å². The van der Waals surface area contributed by atoms with Crippen molar-refractivity contribution in [2.75, 3.05) is 0 Å². The van der Waals surface area contributed by atoms with E-state index in [0.29, 0.717) is 0 Å². The first-order chi connectivity index (χ1) is 9.82. The minimum atomic E-state index is -0.343. The predicted octanol–water partition coefficient (Wildman–Crippen LogP) is 6.05. The fourth-order valence-electron chi connectivity index (χ4n) is 2.99. The maximum absolute atomic E-state index is 12.2. The zero-order valence-corrected chi connectivity index (χ0v) is 16.3. The van der Waals surface area contributed by atoms with Crippen molar-refractivity contribution in [1.29, 1.82) is 0 Å². The summed E-state index contributed by atoms with van der Waals surface area (Å²) >= 11 is 10.1. The van der Waals surface area contributed by atoms with Crippen LogP contribution in [0.15, 0.2) is 40.9 Å². The van der Waals surface area contributed by atoms with Gasteiger partial charge in [0.2, 0.25) is 0 Å². The minimum absolute atomic E-state index is 0.0470. The predicted molar refractivity (Wildman–Crippen MR) is 97.7 cm³/mol. The van der Waals surface area contributed by atoms with Gasteiger partial charge in [0.15, 0.2) is 5.78 Å². The summed E-state index contributed by atoms with van der Waals surface area (Å²) in [7, 11) is 0. The van der Waals surface area contributed by atoms with Crippen LogP contribution in [-0.4, -0.2) is 9.52 Å². The van der Waals surface area contributed by atoms with E-state index < -0.39 is 0 Å². The number of carbonyl (C=O) groups is 1. The van der Waals surface area contributed by atoms with E-state index in [1.807, 2.05) is 12.1 Å². The van der Waals surface area contributed by atoms with Crippen LogP contribution in [0.3, 0.4) is 0 Å². The van der Waals surface area contributed by atoms with E-state index in [0.717, 1.165) is 10.0 Å². The molecule has 0 aromatic heterocycles. The Morgan fingerprint density at radius 1 is 1.00 bits per heavy atom. The molecular weight excluding hydrogens is 460 g/mol. The smallest absolute Gasteiger partial charge is 0.187 e. The van der Waals surface area contributed by atoms with Crippen LogP contribution in [0.25, 0.3) is 11.1 Å². The fourth-order valence-corrected chi connectivity index (χ4v) is 3.88. The molecule has 0 atom stereocenters. The molecular formula is C17H13Br3O. The summed E-state index contributed by atoms with van der Waals surface area (Å²) in [6, 6.07) is 12.4. The Hall–Kier alpha value is -0.450. The van der Waals surface area contributed by atoms with Gasteiger partial charge in [-0.1, -0.05) is 79.8 Å². The van der Waals surface area contributed by atoms with Gasteiger partial charge in [0.05, 0.1) is 0 Å². The van der Waals surface area contributed by atoms with Gasteiger partial charge < -0.3 is 0 Å². The second-order valence-corrected chi connectivity index (χ2v) is 9.72. The second-order valence-electron chi connectivity index (χ2n) is 5.74. The van der Waals surface area contributed by atoms with Crippen LogP contribution >= 0.6 is 47.8 Å². The topological polar surface area (TPSA) is 17.1 Å². The highest BCUT2D eigenvalue weighted by molar-refractivity contribution is 9.25. The summed E-state index contributed by atoms with van der Waals surface area (Å²) in [5.74, 6) is 0.0470. The SMILES string of the molecule is CC1(C)c2cc(Br)ccc2-c2ccc(C(=O)C(Br)Br)cc21. The molecule has 0 fully saturated rings. The Kier molecular flexibility index (Phi) is 3.92. The second kappa shape index (κ2) is 5.32. The van der Waals surface area contributed by atoms with Crippen molar-refractivity contribution in [2.45, 2.75) is 23.0 Å². The molecule has 3 rings (SSSR count). The molecule has 108 valence electrons. The van der Waals surface area contributed by atoms with Gasteiger partial charge in [0, 0.05) is 15.5 Å². The number of Topliss-reactive ketones (excluding diaryl/α,β-unsaturated/α-hetero) is 1. The van der Waals surface area contributed by atoms with Crippen molar-refractivity contribution in [2.24, 2.45) is 0 Å². The molecule has 0 bridgehead atoms. The van der Waals surface area contributed by atoms with Crippen LogP contribution in [0, 0.1) is 0 Å². The molecule has 0 spiro atoms. The molecule has 1 nitrogen and oxygen atoms in total. The Bertz CT molecular complexity index is 748. The molecule has 2 aromatic rings. The lowest BCUT2D eigenvalue weighted by Gasteiger charge is -2.22. The summed E-state index contributed by atoms with van der Waals surface area (Å²) in [4.78, 5) is 12.2. The molecule has 0 aliphatic heterocycles. The summed E-state index contributed by atoms with van der Waals surface area (Å²) in [5.41, 5.74) is 5.62. The first-order valence-electron chi connectivity index (χ1n) is 6.59. The molecule has 2 aromatic carbocycles. The van der Waals surface area contributed by atoms with Gasteiger partial charge in [0.1, 0.15) is 3.74 Å². The Morgan fingerprint density at radius 3 is 2.19 bits per heavy atom. The molecule has 21 heavy (non-hydrogen) atoms. The highest BCUT2D eigenvalue weighted by Gasteiger charge is 2.36. The summed E-state index contributed by atoms with van der Waals surface area (Å²) < 4.78 is 0.739. The van der Waals surface area contributed by atoms with Crippen molar-refractivity contribution in [3.63, 3.8) is 0 Å². The van der Waals surface area contributed by atoms with Gasteiger partial charge in [-0.3, -0.25) is 4.79 Å². The van der Waals surface area contributed by atoms with E-state index >= 15 is 0 Å². The third-order valence-electron chi connectivity index (χ3n) is 4.12. The maximum Gasteiger partial charge on any atom is 0.187 e. The third-order valence-corrected chi connectivity index (χ3v) is 5.45. The average Bonchev–Trinajstić information content (AvgIpc) is 2.66. The average molecular weight is 473 g/mol. The van der Waals surface area contributed by atoms with Crippen molar-refractivity contribution >= 4 is 53.6 Å². The lowest BCUT2D eigenvalue weighted by atomic mass is 9.82. The number of rotatable bonds is 2. The minimum Gasteiger partial charge on any atom is -0.292 e. The highest BCUT2D eigenvalue weighted by Crippen LogP contribution is 2.49. The van der Waals surface area contributed by atoms with Crippen molar-refractivity contribution < 1.29 is 4.79 Å². The highest BCUT2D eigenvalue weighted by atomic mass is 79.9. The summed E-state index contributed by atoms with van der Waals surface area (Å²) in [5, 5.41) is 0. The van der Waals surface area contributed by atoms with Gasteiger partial charge in [-0.25, -0.2) is 0 Å². The standard InChI is InChI=1S/C17H13Br3O/c1-17(2)13-7-9(15(21)16(19)20)3-5-11(13)12-6-4-10(18)8-14(12)17/h3-8,16H,1-2H3. The van der Waals surface area contributed by atoms with Gasteiger partial charge >= 0.3 is 0 Å². The lowest BCUT2D eigenvalue weighted by molar-refractivity contribution is 0.101. The monoisotopic (exact) mass is 470 g/mol. The van der Waals surface area contributed by atoms with Crippen LogP contribution in [0.4, 0.5) is 0 Å². The third kappa shape index (κ3) is 2.45. The number of halogens is 3. The van der Waals surface area contributed by atoms with Gasteiger partial charge in [-0.2, -0.15) is 0 Å². The van der Waals surface area contributed by atoms with Crippen molar-refractivity contribution in [3.8, 4) is 11.1 Å². The van der Waals surface area contributed by atoms with Crippen LogP contribution in [0.1, 0.15) is 35.3 Å². The first-order valence-corrected chi connectivity index (χ1v) is 9.22. The summed E-state index contributed by atoms with van der Waals surface area (Å²) in [6.07, 6.45) is 0. The molecule has 0 amide bonds. The number of benzene rings is 2. The number of hydrogen-bond acceptors (Lipinski definition) is 1. The van der Waals surface area contributed by atoms with Crippen LogP contribution in [-0.2, 0) is 5.41 Å². The maximum atomic E-state index is 12.2. The zero-order valence-electron chi connectivity index (χ0n) is 11.6.